The summed E-state index contributed by atoms with van der Waals surface area (Å²) in [7, 11) is 0. The van der Waals surface area contributed by atoms with Gasteiger partial charge in [-0.2, -0.15) is 13.2 Å². The minimum Gasteiger partial charge on any atom is -0.391 e. The molecule has 0 aromatic rings. The van der Waals surface area contributed by atoms with Crippen LogP contribution in [0.2, 0.25) is 0 Å². The van der Waals surface area contributed by atoms with Crippen molar-refractivity contribution < 1.29 is 27.8 Å². The van der Waals surface area contributed by atoms with Crippen LogP contribution in [0.1, 0.15) is 19.3 Å². The Bertz CT molecular complexity index is 258. The summed E-state index contributed by atoms with van der Waals surface area (Å²) in [5, 5.41) is 9.33. The molecule has 1 atom stereocenters. The number of ether oxygens (including phenoxy) is 1. The van der Waals surface area contributed by atoms with Gasteiger partial charge in [-0.15, -0.1) is 0 Å². The topological polar surface area (TPSA) is 49.8 Å². The van der Waals surface area contributed by atoms with Crippen molar-refractivity contribution in [3.05, 3.63) is 0 Å². The standard InChI is InChI=1S/C10H16F3NO3/c11-10(12,13)7-17-5-3-9(16)14-4-1-2-8(15)6-14/h8,15H,1-7H2. The highest BCUT2D eigenvalue weighted by Gasteiger charge is 2.27. The molecule has 0 bridgehead atoms. The van der Waals surface area contributed by atoms with Crippen molar-refractivity contribution in [1.29, 1.82) is 0 Å². The van der Waals surface area contributed by atoms with Gasteiger partial charge in [0.2, 0.25) is 5.91 Å². The first-order valence-corrected chi connectivity index (χ1v) is 5.49. The van der Waals surface area contributed by atoms with E-state index in [0.29, 0.717) is 13.0 Å². The Hall–Kier alpha value is -0.820. The second kappa shape index (κ2) is 6.20. The van der Waals surface area contributed by atoms with Crippen LogP contribution < -0.4 is 0 Å². The predicted molar refractivity (Wildman–Crippen MR) is 53.3 cm³/mol. The van der Waals surface area contributed by atoms with Crippen molar-refractivity contribution in [3.63, 3.8) is 0 Å². The number of hydrogen-bond donors (Lipinski definition) is 1. The highest BCUT2D eigenvalue weighted by molar-refractivity contribution is 5.76. The van der Waals surface area contributed by atoms with Gasteiger partial charge < -0.3 is 14.7 Å². The number of halogens is 3. The van der Waals surface area contributed by atoms with Crippen molar-refractivity contribution in [3.8, 4) is 0 Å². The van der Waals surface area contributed by atoms with Crippen molar-refractivity contribution in [1.82, 2.24) is 4.90 Å². The molecule has 100 valence electrons. The van der Waals surface area contributed by atoms with E-state index in [1.54, 1.807) is 0 Å². The van der Waals surface area contributed by atoms with Crippen molar-refractivity contribution in [2.75, 3.05) is 26.3 Å². The Morgan fingerprint density at radius 3 is 2.76 bits per heavy atom. The number of carbonyl (C=O) groups is 1. The molecule has 1 aliphatic rings. The van der Waals surface area contributed by atoms with E-state index in [2.05, 4.69) is 4.74 Å². The van der Waals surface area contributed by atoms with Gasteiger partial charge in [-0.1, -0.05) is 0 Å². The van der Waals surface area contributed by atoms with E-state index >= 15 is 0 Å². The second-order valence-corrected chi connectivity index (χ2v) is 4.05. The zero-order valence-corrected chi connectivity index (χ0v) is 9.37. The van der Waals surface area contributed by atoms with E-state index < -0.39 is 18.9 Å². The van der Waals surface area contributed by atoms with E-state index in [0.717, 1.165) is 6.42 Å². The minimum atomic E-state index is -4.36. The van der Waals surface area contributed by atoms with Gasteiger partial charge in [-0.25, -0.2) is 0 Å². The largest absolute Gasteiger partial charge is 0.411 e. The van der Waals surface area contributed by atoms with E-state index in [4.69, 9.17) is 0 Å². The first-order valence-electron chi connectivity index (χ1n) is 5.49. The normalized spacial score (nSPS) is 21.6. The van der Waals surface area contributed by atoms with Gasteiger partial charge in [0.25, 0.3) is 0 Å². The molecule has 0 aliphatic carbocycles. The zero-order valence-electron chi connectivity index (χ0n) is 9.37. The van der Waals surface area contributed by atoms with E-state index in [-0.39, 0.29) is 25.5 Å². The summed E-state index contributed by atoms with van der Waals surface area (Å²) >= 11 is 0. The Morgan fingerprint density at radius 2 is 2.18 bits per heavy atom. The molecule has 1 unspecified atom stereocenters. The lowest BCUT2D eigenvalue weighted by atomic mass is 10.1. The third-order valence-corrected chi connectivity index (χ3v) is 2.48. The van der Waals surface area contributed by atoms with Gasteiger partial charge in [-0.3, -0.25) is 4.79 Å². The molecule has 1 saturated heterocycles. The molecule has 1 heterocycles. The molecule has 0 radical (unpaired) electrons. The van der Waals surface area contributed by atoms with Crippen LogP contribution in [0, 0.1) is 0 Å². The van der Waals surface area contributed by atoms with Crippen molar-refractivity contribution in [2.45, 2.75) is 31.5 Å². The molecular weight excluding hydrogens is 239 g/mol. The number of carbonyl (C=O) groups excluding carboxylic acids is 1. The summed E-state index contributed by atoms with van der Waals surface area (Å²) in [5.41, 5.74) is 0. The molecule has 1 rings (SSSR count). The predicted octanol–water partition coefficient (Wildman–Crippen LogP) is 0.939. The summed E-state index contributed by atoms with van der Waals surface area (Å²) in [6.07, 6.45) is -3.58. The minimum absolute atomic E-state index is 0.0806. The number of piperidine rings is 1. The molecule has 0 saturated carbocycles. The summed E-state index contributed by atoms with van der Waals surface area (Å²) in [4.78, 5) is 13.0. The van der Waals surface area contributed by atoms with Gasteiger partial charge in [0.15, 0.2) is 0 Å². The van der Waals surface area contributed by atoms with Crippen LogP contribution in [-0.2, 0) is 9.53 Å². The fourth-order valence-electron chi connectivity index (χ4n) is 1.69. The smallest absolute Gasteiger partial charge is 0.391 e. The lowest BCUT2D eigenvalue weighted by molar-refractivity contribution is -0.175. The first-order chi connectivity index (χ1) is 7.88. The molecule has 1 fully saturated rings. The first kappa shape index (κ1) is 14.2. The molecule has 0 spiro atoms. The van der Waals surface area contributed by atoms with Crippen LogP contribution >= 0.6 is 0 Å². The van der Waals surface area contributed by atoms with Crippen LogP contribution in [-0.4, -0.2) is 54.5 Å². The third kappa shape index (κ3) is 5.88. The quantitative estimate of drug-likeness (QED) is 0.760. The molecule has 1 aliphatic heterocycles. The zero-order chi connectivity index (χ0) is 12.9. The van der Waals surface area contributed by atoms with Crippen LogP contribution in [0.4, 0.5) is 13.2 Å². The number of β-amino-alcohol motifs (C(OH)–C–C–N with tert-alkyl or cyclic N) is 1. The number of amides is 1. The summed E-state index contributed by atoms with van der Waals surface area (Å²) < 4.78 is 39.5. The summed E-state index contributed by atoms with van der Waals surface area (Å²) in [6.45, 7) is -0.763. The highest BCUT2D eigenvalue weighted by atomic mass is 19.4. The average molecular weight is 255 g/mol. The third-order valence-electron chi connectivity index (χ3n) is 2.48. The number of nitrogens with zero attached hydrogens (tertiary/aromatic N) is 1. The SMILES string of the molecule is O=C(CCOCC(F)(F)F)N1CCCC(O)C1. The molecule has 1 N–H and O–H groups in total. The number of hydrogen-bond acceptors (Lipinski definition) is 3. The Balaban J connectivity index is 2.16. The van der Waals surface area contributed by atoms with Crippen LogP contribution in [0.25, 0.3) is 0 Å². The lowest BCUT2D eigenvalue weighted by Gasteiger charge is -2.30. The molecule has 17 heavy (non-hydrogen) atoms. The van der Waals surface area contributed by atoms with Crippen molar-refractivity contribution in [2.24, 2.45) is 0 Å². The average Bonchev–Trinajstić information content (AvgIpc) is 2.23. The molecule has 4 nitrogen and oxygen atoms in total. The van der Waals surface area contributed by atoms with Gasteiger partial charge >= 0.3 is 6.18 Å². The number of aliphatic hydroxyl groups is 1. The molecule has 1 amide bonds. The number of rotatable bonds is 4. The van der Waals surface area contributed by atoms with Crippen molar-refractivity contribution >= 4 is 5.91 Å². The van der Waals surface area contributed by atoms with Gasteiger partial charge in [0.1, 0.15) is 6.61 Å². The van der Waals surface area contributed by atoms with Gasteiger partial charge in [0, 0.05) is 13.1 Å². The molecule has 0 aromatic heterocycles. The molecule has 0 aromatic carbocycles. The summed E-state index contributed by atoms with van der Waals surface area (Å²) in [6, 6.07) is 0. The van der Waals surface area contributed by atoms with Crippen LogP contribution in [0.3, 0.4) is 0 Å². The fraction of sp³-hybridized carbons (Fsp3) is 0.900. The lowest BCUT2D eigenvalue weighted by Crippen LogP contribution is -2.42. The molecule has 7 heteroatoms. The number of alkyl halides is 3. The van der Waals surface area contributed by atoms with Crippen LogP contribution in [0.5, 0.6) is 0 Å². The highest BCUT2D eigenvalue weighted by Crippen LogP contribution is 2.15. The Morgan fingerprint density at radius 1 is 1.47 bits per heavy atom. The van der Waals surface area contributed by atoms with Gasteiger partial charge in [-0.05, 0) is 12.8 Å². The molecular formula is C10H16F3NO3. The second-order valence-electron chi connectivity index (χ2n) is 4.05. The van der Waals surface area contributed by atoms with E-state index in [1.165, 1.54) is 4.90 Å². The number of aliphatic hydroxyl groups excluding tert-OH is 1. The van der Waals surface area contributed by atoms with Gasteiger partial charge in [0.05, 0.1) is 19.1 Å². The number of likely N-dealkylation sites (tertiary alicyclic amines) is 1. The Labute approximate surface area is 97.3 Å². The Kier molecular flexibility index (Phi) is 5.20. The van der Waals surface area contributed by atoms with Crippen LogP contribution in [0.15, 0.2) is 0 Å². The van der Waals surface area contributed by atoms with E-state index in [9.17, 15) is 23.1 Å². The van der Waals surface area contributed by atoms with E-state index in [1.807, 2.05) is 0 Å². The fourth-order valence-corrected chi connectivity index (χ4v) is 1.69. The maximum atomic E-state index is 11.7. The maximum Gasteiger partial charge on any atom is 0.411 e. The summed E-state index contributed by atoms with van der Waals surface area (Å²) in [5.74, 6) is -0.272. The maximum absolute atomic E-state index is 11.7. The monoisotopic (exact) mass is 255 g/mol.